The summed E-state index contributed by atoms with van der Waals surface area (Å²) >= 11 is 0. The second-order valence-corrected chi connectivity index (χ2v) is 22.4. The summed E-state index contributed by atoms with van der Waals surface area (Å²) in [5.74, 6) is 2.03. The maximum Gasteiger partial charge on any atom is 0.135 e. The summed E-state index contributed by atoms with van der Waals surface area (Å²) in [7, 11) is 0. The van der Waals surface area contributed by atoms with Crippen molar-refractivity contribution < 1.29 is 25.8 Å². The molecule has 2 aromatic heterocycles. The molecule has 1 aliphatic heterocycles. The van der Waals surface area contributed by atoms with E-state index in [9.17, 15) is 0 Å². The molecule has 0 radical (unpaired) electrons. The molecule has 6 heteroatoms. The van der Waals surface area contributed by atoms with E-state index in [2.05, 4.69) is 250 Å². The van der Waals surface area contributed by atoms with Crippen LogP contribution in [0.15, 0.2) is 158 Å². The van der Waals surface area contributed by atoms with Crippen molar-refractivity contribution in [1.29, 1.82) is 0 Å². The van der Waals surface area contributed by atoms with Crippen LogP contribution in [-0.2, 0) is 42.7 Å². The molecule has 10 rings (SSSR count). The number of hydrogen-bond acceptors (Lipinski definition) is 4. The summed E-state index contributed by atoms with van der Waals surface area (Å²) < 4.78 is 8.94. The van der Waals surface area contributed by atoms with Crippen LogP contribution in [0.1, 0.15) is 110 Å². The van der Waals surface area contributed by atoms with Crippen LogP contribution in [-0.4, -0.2) is 9.55 Å². The Kier molecular flexibility index (Phi) is 12.5. The number of hydrogen-bond donors (Lipinski definition) is 0. The van der Waals surface area contributed by atoms with Gasteiger partial charge >= 0.3 is 0 Å². The van der Waals surface area contributed by atoms with Gasteiger partial charge < -0.3 is 19.1 Å². The van der Waals surface area contributed by atoms with Gasteiger partial charge in [-0.3, -0.25) is 0 Å². The number of para-hydroxylation sites is 1. The topological polar surface area (TPSA) is 33.5 Å². The number of pyridine rings is 1. The minimum atomic E-state index is -0.151. The van der Waals surface area contributed by atoms with Crippen molar-refractivity contribution in [3.05, 3.63) is 210 Å². The standard InChI is InChI=1S/C64H63N4O.Pt/c1-42-32-60(65-40-55(42)43-20-18-23-46(33-43)64(11,12)44-21-14-13-15-22-44)68-56-27-17-16-26-53(56)54-30-29-52(39-58(54)68)69-51-25-19-24-49(38-51)66-41-67(57-31-28-45(37-59(57)66)61(2,3)4)50-35-47(62(5,6)7)34-48(36-50)63(8,9)10;/h13-37,40-41H,1-12H3;/q-3;. The second kappa shape index (κ2) is 18.1. The maximum absolute atomic E-state index is 6.73. The Bertz CT molecular complexity index is 3370. The van der Waals surface area contributed by atoms with Crippen LogP contribution >= 0.6 is 0 Å². The van der Waals surface area contributed by atoms with Crippen molar-refractivity contribution in [2.75, 3.05) is 9.80 Å². The molecule has 0 spiro atoms. The Labute approximate surface area is 430 Å². The van der Waals surface area contributed by atoms with Crippen LogP contribution in [0, 0.1) is 25.7 Å². The average molecular weight is 1100 g/mol. The zero-order chi connectivity index (χ0) is 48.6. The van der Waals surface area contributed by atoms with Crippen LogP contribution in [0.25, 0.3) is 38.8 Å². The minimum absolute atomic E-state index is 0. The molecule has 0 saturated carbocycles. The first kappa shape index (κ1) is 48.6. The third-order valence-electron chi connectivity index (χ3n) is 14.0. The zero-order valence-corrected chi connectivity index (χ0v) is 44.9. The predicted molar refractivity (Wildman–Crippen MR) is 289 cm³/mol. The van der Waals surface area contributed by atoms with Gasteiger partial charge in [0, 0.05) is 72.3 Å². The first-order chi connectivity index (χ1) is 32.7. The predicted octanol–water partition coefficient (Wildman–Crippen LogP) is 17.2. The fourth-order valence-corrected chi connectivity index (χ4v) is 9.63. The number of aryl methyl sites for hydroxylation is 1. The summed E-state index contributed by atoms with van der Waals surface area (Å²) in [6.07, 6.45) is 2.02. The van der Waals surface area contributed by atoms with Gasteiger partial charge in [-0.15, -0.1) is 48.1 Å². The molecule has 9 aromatic rings. The minimum Gasteiger partial charge on any atom is -0.509 e. The average Bonchev–Trinajstić information content (AvgIpc) is 3.87. The maximum atomic E-state index is 6.73. The van der Waals surface area contributed by atoms with Gasteiger partial charge in [0.25, 0.3) is 0 Å². The molecule has 0 saturated heterocycles. The summed E-state index contributed by atoms with van der Waals surface area (Å²) in [6.45, 7) is 29.5. The molecule has 0 aliphatic carbocycles. The van der Waals surface area contributed by atoms with E-state index in [0.29, 0.717) is 11.5 Å². The van der Waals surface area contributed by atoms with E-state index in [-0.39, 0.29) is 42.7 Å². The second-order valence-electron chi connectivity index (χ2n) is 22.4. The molecule has 0 unspecified atom stereocenters. The van der Waals surface area contributed by atoms with Crippen LogP contribution in [0.3, 0.4) is 0 Å². The number of rotatable bonds is 8. The molecule has 5 nitrogen and oxygen atoms in total. The molecule has 0 fully saturated rings. The molecule has 7 aromatic carbocycles. The first-order valence-corrected chi connectivity index (χ1v) is 24.3. The van der Waals surface area contributed by atoms with Gasteiger partial charge in [0.2, 0.25) is 0 Å². The molecule has 0 N–H and O–H groups in total. The normalized spacial score (nSPS) is 13.2. The van der Waals surface area contributed by atoms with Crippen LogP contribution < -0.4 is 14.5 Å². The van der Waals surface area contributed by atoms with E-state index in [1.54, 1.807) is 0 Å². The van der Waals surface area contributed by atoms with E-state index in [0.717, 1.165) is 67.1 Å². The van der Waals surface area contributed by atoms with Crippen molar-refractivity contribution in [3.63, 3.8) is 0 Å². The van der Waals surface area contributed by atoms with E-state index in [1.165, 1.54) is 27.8 Å². The van der Waals surface area contributed by atoms with Crippen molar-refractivity contribution in [3.8, 4) is 28.4 Å². The number of anilines is 4. The van der Waals surface area contributed by atoms with Crippen molar-refractivity contribution in [2.45, 2.75) is 105 Å². The fraction of sp³-hybridized carbons (Fsp3) is 0.250. The Morgan fingerprint density at radius 2 is 1.17 bits per heavy atom. The SMILES string of the molecule is Cc1cc(-n2c3[c-]c(Oc4[c-]c(N5[CH-]N(c6cc(C(C)(C)C)cc(C(C)(C)C)c6)c6ccc(C(C)(C)C)cc65)ccc4)ccc3c3ccccc32)ncc1-c1cccc(C(C)(C)c2ccccc2)c1.[Pt]. The van der Waals surface area contributed by atoms with E-state index < -0.39 is 0 Å². The third-order valence-corrected chi connectivity index (χ3v) is 14.0. The summed E-state index contributed by atoms with van der Waals surface area (Å²) in [6, 6.07) is 61.9. The molecule has 0 atom stereocenters. The van der Waals surface area contributed by atoms with E-state index in [1.807, 2.05) is 24.4 Å². The number of fused-ring (bicyclic) bond motifs is 4. The molecule has 3 heterocycles. The van der Waals surface area contributed by atoms with Gasteiger partial charge in [-0.1, -0.05) is 167 Å². The summed E-state index contributed by atoms with van der Waals surface area (Å²) in [4.78, 5) is 9.75. The van der Waals surface area contributed by atoms with Crippen molar-refractivity contribution in [1.82, 2.24) is 9.55 Å². The Morgan fingerprint density at radius 1 is 0.514 bits per heavy atom. The molecule has 70 heavy (non-hydrogen) atoms. The van der Waals surface area contributed by atoms with E-state index >= 15 is 0 Å². The Hall–Kier alpha value is -6.42. The third kappa shape index (κ3) is 9.10. The smallest absolute Gasteiger partial charge is 0.135 e. The van der Waals surface area contributed by atoms with Gasteiger partial charge in [0.1, 0.15) is 5.82 Å². The van der Waals surface area contributed by atoms with Gasteiger partial charge in [-0.05, 0) is 104 Å². The molecule has 0 amide bonds. The fourth-order valence-electron chi connectivity index (χ4n) is 9.63. The first-order valence-electron chi connectivity index (χ1n) is 24.3. The van der Waals surface area contributed by atoms with Crippen molar-refractivity contribution >= 4 is 44.6 Å². The number of aromatic nitrogens is 2. The van der Waals surface area contributed by atoms with E-state index in [4.69, 9.17) is 9.72 Å². The quantitative estimate of drug-likeness (QED) is 0.142. The molecule has 1 aliphatic rings. The molecule has 358 valence electrons. The molecular formula is C64H63N4OPt-3. The summed E-state index contributed by atoms with van der Waals surface area (Å²) in [5.41, 5.74) is 15.8. The van der Waals surface area contributed by atoms with Crippen molar-refractivity contribution in [2.24, 2.45) is 0 Å². The Morgan fingerprint density at radius 3 is 1.87 bits per heavy atom. The number of nitrogens with zero attached hydrogens (tertiary/aromatic N) is 4. The van der Waals surface area contributed by atoms with Gasteiger partial charge in [-0.2, -0.15) is 12.1 Å². The van der Waals surface area contributed by atoms with Crippen LogP contribution in [0.2, 0.25) is 0 Å². The van der Waals surface area contributed by atoms with Crippen LogP contribution in [0.5, 0.6) is 11.5 Å². The monoisotopic (exact) mass is 1100 g/mol. The number of benzene rings is 7. The van der Waals surface area contributed by atoms with Gasteiger partial charge in [0.05, 0.1) is 0 Å². The van der Waals surface area contributed by atoms with Gasteiger partial charge in [-0.25, -0.2) is 4.98 Å². The zero-order valence-electron chi connectivity index (χ0n) is 42.6. The molecule has 0 bridgehead atoms. The number of ether oxygens (including phenoxy) is 1. The Balaban J connectivity index is 0.00000608. The summed E-state index contributed by atoms with van der Waals surface area (Å²) in [5, 5.41) is 2.21. The van der Waals surface area contributed by atoms with Gasteiger partial charge in [0.15, 0.2) is 0 Å². The molecular weight excluding hydrogens is 1040 g/mol. The largest absolute Gasteiger partial charge is 0.509 e. The van der Waals surface area contributed by atoms with Crippen LogP contribution in [0.4, 0.5) is 22.7 Å².